The molecule has 3 rings (SSSR count). The number of carbonyl (C=O) groups excluding carboxylic acids is 3. The molecule has 0 radical (unpaired) electrons. The van der Waals surface area contributed by atoms with Gasteiger partial charge in [-0.1, -0.05) is 41.9 Å². The molecule has 0 unspecified atom stereocenters. The Morgan fingerprint density at radius 3 is 2.65 bits per heavy atom. The maximum Gasteiger partial charge on any atom is 0.311 e. The van der Waals surface area contributed by atoms with E-state index in [1.807, 2.05) is 0 Å². The molecule has 0 saturated carbocycles. The van der Waals surface area contributed by atoms with Crippen molar-refractivity contribution < 1.29 is 19.1 Å². The number of hydrogen-bond acceptors (Lipinski definition) is 4. The van der Waals surface area contributed by atoms with Gasteiger partial charge in [-0.05, 0) is 30.7 Å². The van der Waals surface area contributed by atoms with Gasteiger partial charge in [-0.25, -0.2) is 0 Å². The number of nitrogens with zero attached hydrogens (tertiary/aromatic N) is 1. The first-order valence-corrected chi connectivity index (χ1v) is 8.46. The molecule has 1 heterocycles. The number of amides is 2. The molecule has 2 aromatic carbocycles. The van der Waals surface area contributed by atoms with Crippen LogP contribution in [0.1, 0.15) is 12.5 Å². The summed E-state index contributed by atoms with van der Waals surface area (Å²) in [5.74, 6) is -1.32. The predicted octanol–water partition coefficient (Wildman–Crippen LogP) is 2.80. The Kier molecular flexibility index (Phi) is 5.23. The monoisotopic (exact) mass is 372 g/mol. The van der Waals surface area contributed by atoms with Crippen LogP contribution < -0.4 is 10.2 Å². The van der Waals surface area contributed by atoms with Crippen molar-refractivity contribution in [1.82, 2.24) is 0 Å². The number of anilines is 2. The van der Waals surface area contributed by atoms with Crippen molar-refractivity contribution in [3.8, 4) is 0 Å². The largest absolute Gasteiger partial charge is 0.452 e. The van der Waals surface area contributed by atoms with Gasteiger partial charge in [-0.15, -0.1) is 0 Å². The number of ether oxygens (including phenoxy) is 1. The summed E-state index contributed by atoms with van der Waals surface area (Å²) in [4.78, 5) is 38.0. The standard InChI is InChI=1S/C19H17ClN2O4/c1-12(26-18(24)10-13-6-2-3-7-14(13)20)19(25)22-11-17(23)21-15-8-4-5-9-16(15)22/h2-9,12H,10-11H2,1H3,(H,21,23)/t12-/m1/s1. The maximum atomic E-state index is 12.7. The molecule has 1 aliphatic rings. The number of halogens is 1. The van der Waals surface area contributed by atoms with Crippen molar-refractivity contribution in [1.29, 1.82) is 0 Å². The van der Waals surface area contributed by atoms with Crippen molar-refractivity contribution in [3.63, 3.8) is 0 Å². The van der Waals surface area contributed by atoms with Gasteiger partial charge in [0.25, 0.3) is 5.91 Å². The van der Waals surface area contributed by atoms with Gasteiger partial charge in [0, 0.05) is 5.02 Å². The highest BCUT2D eigenvalue weighted by Crippen LogP contribution is 2.29. The molecule has 2 amide bonds. The van der Waals surface area contributed by atoms with E-state index in [0.29, 0.717) is 22.0 Å². The quantitative estimate of drug-likeness (QED) is 0.837. The number of benzene rings is 2. The smallest absolute Gasteiger partial charge is 0.311 e. The molecule has 0 fully saturated rings. The van der Waals surface area contributed by atoms with Gasteiger partial charge in [0.15, 0.2) is 6.10 Å². The van der Waals surface area contributed by atoms with Crippen molar-refractivity contribution in [2.75, 3.05) is 16.8 Å². The third-order valence-corrected chi connectivity index (χ3v) is 4.35. The Bertz CT molecular complexity index is 868. The minimum Gasteiger partial charge on any atom is -0.452 e. The van der Waals surface area contributed by atoms with E-state index in [-0.39, 0.29) is 18.9 Å². The zero-order valence-corrected chi connectivity index (χ0v) is 14.8. The Balaban J connectivity index is 1.69. The van der Waals surface area contributed by atoms with Crippen LogP contribution in [0, 0.1) is 0 Å². The van der Waals surface area contributed by atoms with E-state index < -0.39 is 18.0 Å². The van der Waals surface area contributed by atoms with Crippen molar-refractivity contribution in [2.45, 2.75) is 19.4 Å². The zero-order chi connectivity index (χ0) is 18.7. The lowest BCUT2D eigenvalue weighted by molar-refractivity contribution is -0.153. The summed E-state index contributed by atoms with van der Waals surface area (Å²) in [6.07, 6.45) is -1.06. The lowest BCUT2D eigenvalue weighted by Crippen LogP contribution is -2.47. The van der Waals surface area contributed by atoms with Crippen LogP contribution >= 0.6 is 11.6 Å². The fraction of sp³-hybridized carbons (Fsp3) is 0.211. The topological polar surface area (TPSA) is 75.7 Å². The van der Waals surface area contributed by atoms with Crippen LogP contribution in [-0.2, 0) is 25.5 Å². The second-order valence-electron chi connectivity index (χ2n) is 5.89. The number of fused-ring (bicyclic) bond motifs is 1. The molecule has 26 heavy (non-hydrogen) atoms. The Hall–Kier alpha value is -2.86. The third kappa shape index (κ3) is 3.86. The molecule has 0 saturated heterocycles. The second kappa shape index (κ2) is 7.58. The summed E-state index contributed by atoms with van der Waals surface area (Å²) in [7, 11) is 0. The summed E-state index contributed by atoms with van der Waals surface area (Å²) >= 11 is 6.03. The van der Waals surface area contributed by atoms with E-state index in [1.165, 1.54) is 11.8 Å². The molecule has 6 nitrogen and oxygen atoms in total. The molecule has 0 aliphatic carbocycles. The molecule has 134 valence electrons. The average molecular weight is 373 g/mol. The normalized spacial score (nSPS) is 14.2. The Morgan fingerprint density at radius 1 is 1.19 bits per heavy atom. The summed E-state index contributed by atoms with van der Waals surface area (Å²) in [5, 5.41) is 3.17. The highest BCUT2D eigenvalue weighted by molar-refractivity contribution is 6.31. The van der Waals surface area contributed by atoms with Crippen molar-refractivity contribution in [2.24, 2.45) is 0 Å². The summed E-state index contributed by atoms with van der Waals surface area (Å²) in [5.41, 5.74) is 1.75. The number of para-hydroxylation sites is 2. The first-order chi connectivity index (χ1) is 12.5. The fourth-order valence-electron chi connectivity index (χ4n) is 2.74. The highest BCUT2D eigenvalue weighted by Gasteiger charge is 2.31. The molecule has 1 atom stereocenters. The lowest BCUT2D eigenvalue weighted by atomic mass is 10.1. The van der Waals surface area contributed by atoms with E-state index in [2.05, 4.69) is 5.32 Å². The minimum atomic E-state index is -1.02. The van der Waals surface area contributed by atoms with Crippen LogP contribution in [0.4, 0.5) is 11.4 Å². The second-order valence-corrected chi connectivity index (χ2v) is 6.30. The molecule has 1 aliphatic heterocycles. The molecule has 2 aromatic rings. The molecule has 0 aromatic heterocycles. The Labute approximate surface area is 155 Å². The van der Waals surface area contributed by atoms with Gasteiger partial charge < -0.3 is 10.1 Å². The van der Waals surface area contributed by atoms with Gasteiger partial charge in [0.2, 0.25) is 5.91 Å². The van der Waals surface area contributed by atoms with E-state index >= 15 is 0 Å². The van der Waals surface area contributed by atoms with Crippen LogP contribution in [0.15, 0.2) is 48.5 Å². The summed E-state index contributed by atoms with van der Waals surface area (Å²) < 4.78 is 5.25. The fourth-order valence-corrected chi connectivity index (χ4v) is 2.94. The SMILES string of the molecule is C[C@@H](OC(=O)Cc1ccccc1Cl)C(=O)N1CC(=O)Nc2ccccc21. The maximum absolute atomic E-state index is 12.7. The van der Waals surface area contributed by atoms with Crippen molar-refractivity contribution >= 4 is 40.8 Å². The predicted molar refractivity (Wildman–Crippen MR) is 98.1 cm³/mol. The van der Waals surface area contributed by atoms with Gasteiger partial charge in [-0.2, -0.15) is 0 Å². The molecule has 0 spiro atoms. The molecule has 0 bridgehead atoms. The zero-order valence-electron chi connectivity index (χ0n) is 14.1. The molecule has 7 heteroatoms. The summed E-state index contributed by atoms with van der Waals surface area (Å²) in [6, 6.07) is 13.9. The average Bonchev–Trinajstić information content (AvgIpc) is 2.62. The van der Waals surface area contributed by atoms with Crippen LogP contribution in [0.2, 0.25) is 5.02 Å². The first-order valence-electron chi connectivity index (χ1n) is 8.09. The van der Waals surface area contributed by atoms with Crippen LogP contribution in [0.3, 0.4) is 0 Å². The van der Waals surface area contributed by atoms with Gasteiger partial charge in [-0.3, -0.25) is 19.3 Å². The first kappa shape index (κ1) is 17.9. The summed E-state index contributed by atoms with van der Waals surface area (Å²) in [6.45, 7) is 1.37. The number of nitrogens with one attached hydrogen (secondary N) is 1. The number of carbonyl (C=O) groups is 3. The third-order valence-electron chi connectivity index (χ3n) is 3.99. The number of esters is 1. The lowest BCUT2D eigenvalue weighted by Gasteiger charge is -2.30. The highest BCUT2D eigenvalue weighted by atomic mass is 35.5. The molecule has 1 N–H and O–H groups in total. The minimum absolute atomic E-state index is 0.0334. The molecular weight excluding hydrogens is 356 g/mol. The van der Waals surface area contributed by atoms with E-state index in [9.17, 15) is 14.4 Å². The number of rotatable bonds is 4. The van der Waals surface area contributed by atoms with E-state index in [1.54, 1.807) is 48.5 Å². The Morgan fingerprint density at radius 2 is 1.88 bits per heavy atom. The van der Waals surface area contributed by atoms with Crippen LogP contribution in [0.25, 0.3) is 0 Å². The van der Waals surface area contributed by atoms with Crippen LogP contribution in [0.5, 0.6) is 0 Å². The molecular formula is C19H17ClN2O4. The van der Waals surface area contributed by atoms with E-state index in [4.69, 9.17) is 16.3 Å². The van der Waals surface area contributed by atoms with E-state index in [0.717, 1.165) is 0 Å². The number of hydrogen-bond donors (Lipinski definition) is 1. The van der Waals surface area contributed by atoms with Gasteiger partial charge >= 0.3 is 5.97 Å². The van der Waals surface area contributed by atoms with Crippen molar-refractivity contribution in [3.05, 3.63) is 59.1 Å². The van der Waals surface area contributed by atoms with Gasteiger partial charge in [0.1, 0.15) is 6.54 Å². The van der Waals surface area contributed by atoms with Crippen LogP contribution in [-0.4, -0.2) is 30.4 Å². The van der Waals surface area contributed by atoms with Gasteiger partial charge in [0.05, 0.1) is 17.8 Å².